The number of benzene rings is 1. The zero-order chi connectivity index (χ0) is 15.8. The van der Waals surface area contributed by atoms with Gasteiger partial charge in [0.15, 0.2) is 0 Å². The lowest BCUT2D eigenvalue weighted by Gasteiger charge is -2.07. The van der Waals surface area contributed by atoms with Gasteiger partial charge in [-0.1, -0.05) is 11.6 Å². The van der Waals surface area contributed by atoms with Crippen LogP contribution in [0, 0.1) is 0 Å². The minimum atomic E-state index is -3.89. The Hall–Kier alpha value is -1.29. The summed E-state index contributed by atoms with van der Waals surface area (Å²) < 4.78 is 27.0. The molecule has 2 aromatic rings. The first kappa shape index (κ1) is 16.1. The van der Waals surface area contributed by atoms with E-state index in [1.54, 1.807) is 0 Å². The van der Waals surface area contributed by atoms with E-state index in [0.29, 0.717) is 3.79 Å². The van der Waals surface area contributed by atoms with Gasteiger partial charge >= 0.3 is 5.97 Å². The van der Waals surface area contributed by atoms with Crippen LogP contribution in [0.1, 0.15) is 10.4 Å². The average Bonchev–Trinajstić information content (AvgIpc) is 2.72. The predicted molar refractivity (Wildman–Crippen MR) is 82.9 cm³/mol. The zero-order valence-electron chi connectivity index (χ0n) is 10.0. The van der Waals surface area contributed by atoms with Gasteiger partial charge in [0.05, 0.1) is 8.81 Å². The quantitative estimate of drug-likeness (QED) is 0.668. The van der Waals surface area contributed by atoms with Crippen LogP contribution in [0.15, 0.2) is 32.3 Å². The first-order valence-electron chi connectivity index (χ1n) is 5.24. The van der Waals surface area contributed by atoms with Crippen molar-refractivity contribution in [3.8, 4) is 5.75 Å². The van der Waals surface area contributed by atoms with Gasteiger partial charge in [0, 0.05) is 5.69 Å². The van der Waals surface area contributed by atoms with E-state index in [0.717, 1.165) is 23.5 Å². The van der Waals surface area contributed by atoms with Crippen molar-refractivity contribution in [2.45, 2.75) is 4.21 Å². The monoisotopic (exact) mass is 411 g/mol. The van der Waals surface area contributed by atoms with Crippen LogP contribution in [0.3, 0.4) is 0 Å². The number of thiophene rings is 1. The van der Waals surface area contributed by atoms with E-state index in [1.165, 1.54) is 12.1 Å². The maximum atomic E-state index is 12.1. The Morgan fingerprint density at radius 3 is 2.52 bits per heavy atom. The van der Waals surface area contributed by atoms with Crippen LogP contribution in [-0.2, 0) is 10.0 Å². The number of nitrogens with one attached hydrogen (secondary N) is 1. The molecule has 1 aromatic carbocycles. The molecule has 0 bridgehead atoms. The van der Waals surface area contributed by atoms with Gasteiger partial charge in [-0.05, 0) is 40.2 Å². The van der Waals surface area contributed by atoms with Gasteiger partial charge in [0.25, 0.3) is 10.0 Å². The Balaban J connectivity index is 2.37. The number of carboxylic acids is 1. The minimum Gasteiger partial charge on any atom is -0.507 e. The number of anilines is 1. The van der Waals surface area contributed by atoms with Crippen LogP contribution in [0.2, 0.25) is 5.02 Å². The Morgan fingerprint density at radius 1 is 1.33 bits per heavy atom. The molecule has 0 atom stereocenters. The number of phenols is 1. The number of hydrogen-bond donors (Lipinski definition) is 3. The zero-order valence-corrected chi connectivity index (χ0v) is 14.0. The van der Waals surface area contributed by atoms with Crippen molar-refractivity contribution >= 4 is 60.5 Å². The van der Waals surface area contributed by atoms with E-state index in [2.05, 4.69) is 20.7 Å². The number of hydrogen-bond acceptors (Lipinski definition) is 5. The number of halogens is 2. The van der Waals surface area contributed by atoms with E-state index in [1.807, 2.05) is 0 Å². The summed E-state index contributed by atoms with van der Waals surface area (Å²) in [6, 6.07) is 4.65. The van der Waals surface area contributed by atoms with Crippen LogP contribution in [0.25, 0.3) is 0 Å². The Kier molecular flexibility index (Phi) is 4.47. The molecule has 2 rings (SSSR count). The average molecular weight is 413 g/mol. The Labute approximate surface area is 137 Å². The SMILES string of the molecule is O=C(O)c1cc(NS(=O)(=O)c2cc(Cl)c(Br)s2)ccc1O. The highest BCUT2D eigenvalue weighted by atomic mass is 79.9. The second kappa shape index (κ2) is 5.84. The third-order valence-electron chi connectivity index (χ3n) is 2.37. The second-order valence-corrected chi connectivity index (χ2v) is 8.52. The van der Waals surface area contributed by atoms with Crippen LogP contribution in [-0.4, -0.2) is 24.6 Å². The van der Waals surface area contributed by atoms with Gasteiger partial charge in [0.1, 0.15) is 15.5 Å². The highest BCUT2D eigenvalue weighted by Gasteiger charge is 2.20. The summed E-state index contributed by atoms with van der Waals surface area (Å²) in [5.41, 5.74) is -0.383. The molecule has 6 nitrogen and oxygen atoms in total. The predicted octanol–water partition coefficient (Wildman–Crippen LogP) is 3.37. The van der Waals surface area contributed by atoms with E-state index in [4.69, 9.17) is 16.7 Å². The van der Waals surface area contributed by atoms with Crippen molar-refractivity contribution in [1.82, 2.24) is 0 Å². The van der Waals surface area contributed by atoms with Crippen molar-refractivity contribution in [2.75, 3.05) is 4.72 Å². The first-order valence-corrected chi connectivity index (χ1v) is 8.72. The molecular formula is C11H7BrClNO5S2. The molecular weight excluding hydrogens is 406 g/mol. The van der Waals surface area contributed by atoms with E-state index >= 15 is 0 Å². The third-order valence-corrected chi connectivity index (χ3v) is 6.70. The summed E-state index contributed by atoms with van der Waals surface area (Å²) in [6.45, 7) is 0. The van der Waals surface area contributed by atoms with Gasteiger partial charge < -0.3 is 10.2 Å². The number of carboxylic acid groups (broad SMARTS) is 1. The smallest absolute Gasteiger partial charge is 0.339 e. The number of rotatable bonds is 4. The standard InChI is InChI=1S/C11H7BrClNO5S2/c12-10-7(13)4-9(20-10)21(18,19)14-5-1-2-8(15)6(3-5)11(16)17/h1-4,14-15H,(H,16,17). The minimum absolute atomic E-state index is 0.0193. The molecule has 112 valence electrons. The summed E-state index contributed by atoms with van der Waals surface area (Å²) in [7, 11) is -3.89. The fourth-order valence-electron chi connectivity index (χ4n) is 1.44. The lowest BCUT2D eigenvalue weighted by molar-refractivity contribution is 0.0694. The topological polar surface area (TPSA) is 104 Å². The molecule has 0 aliphatic carbocycles. The molecule has 0 aliphatic heterocycles. The number of carbonyl (C=O) groups is 1. The first-order chi connectivity index (χ1) is 9.70. The molecule has 3 N–H and O–H groups in total. The van der Waals surface area contributed by atoms with Crippen molar-refractivity contribution < 1.29 is 23.4 Å². The van der Waals surface area contributed by atoms with Gasteiger partial charge in [-0.15, -0.1) is 11.3 Å². The number of sulfonamides is 1. The van der Waals surface area contributed by atoms with Crippen molar-refractivity contribution in [2.24, 2.45) is 0 Å². The highest BCUT2D eigenvalue weighted by Crippen LogP contribution is 2.35. The summed E-state index contributed by atoms with van der Waals surface area (Å²) >= 11 is 9.83. The van der Waals surface area contributed by atoms with Crippen molar-refractivity contribution in [3.63, 3.8) is 0 Å². The van der Waals surface area contributed by atoms with Gasteiger partial charge in [-0.3, -0.25) is 4.72 Å². The second-order valence-electron chi connectivity index (χ2n) is 3.83. The fraction of sp³-hybridized carbons (Fsp3) is 0. The maximum absolute atomic E-state index is 12.1. The number of aromatic carboxylic acids is 1. The van der Waals surface area contributed by atoms with Crippen LogP contribution in [0.5, 0.6) is 5.75 Å². The summed E-state index contributed by atoms with van der Waals surface area (Å²) in [5, 5.41) is 18.5. The molecule has 0 amide bonds. The Morgan fingerprint density at radius 2 is 2.00 bits per heavy atom. The molecule has 10 heteroatoms. The van der Waals surface area contributed by atoms with E-state index in [-0.39, 0.29) is 14.9 Å². The molecule has 0 saturated carbocycles. The summed E-state index contributed by atoms with van der Waals surface area (Å²) in [5.74, 6) is -1.82. The lowest BCUT2D eigenvalue weighted by atomic mass is 10.2. The fourth-order valence-corrected chi connectivity index (χ4v) is 4.88. The third kappa shape index (κ3) is 3.49. The molecule has 0 radical (unpaired) electrons. The molecule has 0 saturated heterocycles. The molecule has 0 spiro atoms. The maximum Gasteiger partial charge on any atom is 0.339 e. The van der Waals surface area contributed by atoms with Gasteiger partial charge in [0.2, 0.25) is 0 Å². The van der Waals surface area contributed by atoms with Crippen LogP contribution in [0.4, 0.5) is 5.69 Å². The lowest BCUT2D eigenvalue weighted by Crippen LogP contribution is -2.12. The summed E-state index contributed by atoms with van der Waals surface area (Å²) in [6.07, 6.45) is 0. The van der Waals surface area contributed by atoms with Crippen molar-refractivity contribution in [1.29, 1.82) is 0 Å². The van der Waals surface area contributed by atoms with Crippen LogP contribution < -0.4 is 4.72 Å². The largest absolute Gasteiger partial charge is 0.507 e. The van der Waals surface area contributed by atoms with Crippen LogP contribution >= 0.6 is 38.9 Å². The molecule has 21 heavy (non-hydrogen) atoms. The molecule has 0 fully saturated rings. The summed E-state index contributed by atoms with van der Waals surface area (Å²) in [4.78, 5) is 10.9. The molecule has 1 heterocycles. The normalized spacial score (nSPS) is 11.3. The Bertz CT molecular complexity index is 799. The van der Waals surface area contributed by atoms with Gasteiger partial charge in [-0.2, -0.15) is 0 Å². The van der Waals surface area contributed by atoms with Crippen molar-refractivity contribution in [3.05, 3.63) is 38.6 Å². The molecule has 0 aliphatic rings. The number of aromatic hydroxyl groups is 1. The molecule has 0 unspecified atom stereocenters. The highest BCUT2D eigenvalue weighted by molar-refractivity contribution is 9.11. The molecule has 1 aromatic heterocycles. The van der Waals surface area contributed by atoms with Gasteiger partial charge in [-0.25, -0.2) is 13.2 Å². The van der Waals surface area contributed by atoms with E-state index in [9.17, 15) is 18.3 Å². The van der Waals surface area contributed by atoms with E-state index < -0.39 is 27.3 Å².